The second kappa shape index (κ2) is 8.44. The fourth-order valence-electron chi connectivity index (χ4n) is 4.48. The maximum Gasteiger partial charge on any atom is 0.338 e. The number of amides is 2. The molecule has 1 atom stereocenters. The monoisotopic (exact) mass is 507 g/mol. The number of nitrogens with zero attached hydrogens (tertiary/aromatic N) is 3. The number of halogens is 1. The number of esters is 1. The molecule has 0 aliphatic carbocycles. The molecular weight excluding hydrogens is 490 g/mol. The molecule has 0 spiro atoms. The van der Waals surface area contributed by atoms with E-state index in [1.165, 1.54) is 18.6 Å². The number of rotatable bonds is 2. The third kappa shape index (κ3) is 3.38. The van der Waals surface area contributed by atoms with Crippen LogP contribution in [0, 0.1) is 0 Å². The van der Waals surface area contributed by atoms with Crippen molar-refractivity contribution in [2.24, 2.45) is 4.99 Å². The van der Waals surface area contributed by atoms with Gasteiger partial charge in [0, 0.05) is 17.5 Å². The highest BCUT2D eigenvalue weighted by molar-refractivity contribution is 7.07. The summed E-state index contributed by atoms with van der Waals surface area (Å²) in [7, 11) is 1.25. The van der Waals surface area contributed by atoms with Crippen molar-refractivity contribution in [1.82, 2.24) is 4.57 Å². The molecule has 2 aromatic carbocycles. The van der Waals surface area contributed by atoms with Crippen molar-refractivity contribution in [2.75, 3.05) is 12.0 Å². The van der Waals surface area contributed by atoms with Gasteiger partial charge >= 0.3 is 5.97 Å². The second-order valence-electron chi connectivity index (χ2n) is 7.97. The summed E-state index contributed by atoms with van der Waals surface area (Å²) >= 11 is 7.52. The molecule has 5 rings (SSSR count). The molecule has 0 N–H and O–H groups in total. The molecule has 0 bridgehead atoms. The molecule has 0 radical (unpaired) electrons. The molecule has 0 saturated heterocycles. The Kier molecular flexibility index (Phi) is 5.53. The lowest BCUT2D eigenvalue weighted by molar-refractivity contribution is -0.136. The largest absolute Gasteiger partial charge is 0.466 e. The quantitative estimate of drug-likeness (QED) is 0.496. The van der Waals surface area contributed by atoms with E-state index in [1.54, 1.807) is 55.5 Å². The van der Waals surface area contributed by atoms with E-state index in [2.05, 4.69) is 4.99 Å². The molecule has 1 aromatic heterocycles. The van der Waals surface area contributed by atoms with Gasteiger partial charge in [0.15, 0.2) is 4.80 Å². The van der Waals surface area contributed by atoms with Gasteiger partial charge < -0.3 is 4.74 Å². The molecule has 176 valence electrons. The van der Waals surface area contributed by atoms with Gasteiger partial charge in [-0.25, -0.2) is 14.7 Å². The highest BCUT2D eigenvalue weighted by atomic mass is 35.5. The van der Waals surface area contributed by atoms with Crippen LogP contribution in [0.1, 0.15) is 31.0 Å². The summed E-state index contributed by atoms with van der Waals surface area (Å²) in [5.41, 5.74) is 1.58. The minimum absolute atomic E-state index is 0.123. The lowest BCUT2D eigenvalue weighted by Gasteiger charge is -2.25. The fraction of sp³-hybridized carbons (Fsp3) is 0.160. The van der Waals surface area contributed by atoms with Crippen LogP contribution in [-0.4, -0.2) is 29.5 Å². The molecule has 3 aromatic rings. The third-order valence-electron chi connectivity index (χ3n) is 5.98. The van der Waals surface area contributed by atoms with Crippen molar-refractivity contribution in [2.45, 2.75) is 19.9 Å². The number of allylic oxidation sites excluding steroid dienone is 1. The van der Waals surface area contributed by atoms with E-state index in [0.717, 1.165) is 16.2 Å². The SMILES string of the molecule is COC(=O)C1=C(C)N=c2s/c(=C3\C(=O)N(C(C)=O)c4ccccc43)c(=O)n2C1c1ccccc1Cl. The number of thiazole rings is 1. The van der Waals surface area contributed by atoms with Crippen LogP contribution in [0.2, 0.25) is 5.02 Å². The number of ether oxygens (including phenoxy) is 1. The highest BCUT2D eigenvalue weighted by Crippen LogP contribution is 2.36. The van der Waals surface area contributed by atoms with Gasteiger partial charge in [0.25, 0.3) is 11.5 Å². The topological polar surface area (TPSA) is 98.0 Å². The third-order valence-corrected chi connectivity index (χ3v) is 7.37. The van der Waals surface area contributed by atoms with E-state index in [4.69, 9.17) is 16.3 Å². The van der Waals surface area contributed by atoms with E-state index in [0.29, 0.717) is 32.3 Å². The molecule has 1 unspecified atom stereocenters. The van der Waals surface area contributed by atoms with Crippen LogP contribution in [0.15, 0.2) is 69.6 Å². The van der Waals surface area contributed by atoms with Crippen molar-refractivity contribution in [3.63, 3.8) is 0 Å². The number of hydrogen-bond donors (Lipinski definition) is 0. The number of benzene rings is 2. The zero-order valence-electron chi connectivity index (χ0n) is 18.9. The molecule has 2 amide bonds. The Hall–Kier alpha value is -3.82. The zero-order chi connectivity index (χ0) is 25.0. The number of imide groups is 1. The number of aromatic nitrogens is 1. The van der Waals surface area contributed by atoms with Crippen LogP contribution in [0.3, 0.4) is 0 Å². The lowest BCUT2D eigenvalue weighted by Crippen LogP contribution is -2.41. The van der Waals surface area contributed by atoms with Gasteiger partial charge in [0.2, 0.25) is 5.91 Å². The van der Waals surface area contributed by atoms with Crippen LogP contribution < -0.4 is 19.8 Å². The molecule has 0 fully saturated rings. The summed E-state index contributed by atoms with van der Waals surface area (Å²) in [6.45, 7) is 2.95. The van der Waals surface area contributed by atoms with Gasteiger partial charge in [-0.1, -0.05) is 59.3 Å². The summed E-state index contributed by atoms with van der Waals surface area (Å²) in [6, 6.07) is 12.8. The Bertz CT molecular complexity index is 1670. The van der Waals surface area contributed by atoms with Crippen molar-refractivity contribution < 1.29 is 19.1 Å². The summed E-state index contributed by atoms with van der Waals surface area (Å²) in [4.78, 5) is 58.2. The van der Waals surface area contributed by atoms with Crippen LogP contribution in [0.4, 0.5) is 5.69 Å². The molecule has 2 aliphatic heterocycles. The van der Waals surface area contributed by atoms with Gasteiger partial charge in [-0.2, -0.15) is 0 Å². The summed E-state index contributed by atoms with van der Waals surface area (Å²) in [5.74, 6) is -1.68. The first-order valence-electron chi connectivity index (χ1n) is 10.6. The Labute approximate surface area is 208 Å². The molecular formula is C25H18ClN3O5S. The maximum atomic E-state index is 13.9. The van der Waals surface area contributed by atoms with Crippen molar-refractivity contribution in [3.8, 4) is 0 Å². The fourth-order valence-corrected chi connectivity index (χ4v) is 5.86. The van der Waals surface area contributed by atoms with Crippen LogP contribution in [0.5, 0.6) is 0 Å². The summed E-state index contributed by atoms with van der Waals surface area (Å²) in [5, 5.41) is 0.358. The van der Waals surface area contributed by atoms with Crippen molar-refractivity contribution in [3.05, 3.63) is 95.6 Å². The van der Waals surface area contributed by atoms with E-state index < -0.39 is 29.4 Å². The predicted molar refractivity (Wildman–Crippen MR) is 131 cm³/mol. The van der Waals surface area contributed by atoms with E-state index in [-0.39, 0.29) is 15.7 Å². The Morgan fingerprint density at radius 2 is 1.77 bits per heavy atom. The van der Waals surface area contributed by atoms with Crippen LogP contribution in [0.25, 0.3) is 5.57 Å². The standard InChI is InChI=1S/C25H18ClN3O5S/c1-12-18(24(33)34-3)20(14-8-4-6-10-16(14)26)29-23(32)21(35-25(29)27-12)19-15-9-5-7-11-17(15)28(13(2)30)22(19)31/h4-11,20H,1-3H3/b21-19-. The predicted octanol–water partition coefficient (Wildman–Crippen LogP) is 2.32. The van der Waals surface area contributed by atoms with Gasteiger partial charge in [0.1, 0.15) is 10.6 Å². The number of para-hydroxylation sites is 1. The lowest BCUT2D eigenvalue weighted by atomic mass is 9.96. The minimum Gasteiger partial charge on any atom is -0.466 e. The Morgan fingerprint density at radius 1 is 1.09 bits per heavy atom. The first-order valence-corrected chi connectivity index (χ1v) is 11.8. The number of methoxy groups -OCH3 is 1. The van der Waals surface area contributed by atoms with E-state index in [1.807, 2.05) is 0 Å². The summed E-state index contributed by atoms with van der Waals surface area (Å²) in [6.07, 6.45) is 0. The molecule has 35 heavy (non-hydrogen) atoms. The molecule has 3 heterocycles. The van der Waals surface area contributed by atoms with E-state index in [9.17, 15) is 19.2 Å². The first-order chi connectivity index (χ1) is 16.8. The van der Waals surface area contributed by atoms with Gasteiger partial charge in [0.05, 0.1) is 29.6 Å². The highest BCUT2D eigenvalue weighted by Gasteiger charge is 2.38. The smallest absolute Gasteiger partial charge is 0.338 e. The maximum absolute atomic E-state index is 13.9. The van der Waals surface area contributed by atoms with Crippen LogP contribution >= 0.6 is 22.9 Å². The van der Waals surface area contributed by atoms with Crippen molar-refractivity contribution in [1.29, 1.82) is 0 Å². The molecule has 2 aliphatic rings. The Balaban J connectivity index is 1.88. The van der Waals surface area contributed by atoms with E-state index >= 15 is 0 Å². The van der Waals surface area contributed by atoms with Crippen molar-refractivity contribution >= 4 is 52.0 Å². The number of carbonyl (C=O) groups is 3. The van der Waals surface area contributed by atoms with Gasteiger partial charge in [-0.15, -0.1) is 0 Å². The number of anilines is 1. The minimum atomic E-state index is -0.905. The average Bonchev–Trinajstić information content (AvgIpc) is 3.30. The number of hydrogen-bond acceptors (Lipinski definition) is 7. The number of carbonyl (C=O) groups excluding carboxylic acids is 3. The first kappa shape index (κ1) is 22.9. The molecule has 8 nitrogen and oxygen atoms in total. The normalized spacial score (nSPS) is 18.2. The average molecular weight is 508 g/mol. The number of fused-ring (bicyclic) bond motifs is 2. The summed E-state index contributed by atoms with van der Waals surface area (Å²) < 4.78 is 6.49. The molecule has 10 heteroatoms. The van der Waals surface area contributed by atoms with Crippen LogP contribution in [-0.2, 0) is 19.1 Å². The molecule has 0 saturated carbocycles. The second-order valence-corrected chi connectivity index (χ2v) is 9.35. The van der Waals surface area contributed by atoms with Gasteiger partial charge in [-0.05, 0) is 24.6 Å². The van der Waals surface area contributed by atoms with Gasteiger partial charge in [-0.3, -0.25) is 19.0 Å². The Morgan fingerprint density at radius 3 is 2.46 bits per heavy atom. The zero-order valence-corrected chi connectivity index (χ0v) is 20.4.